The Morgan fingerprint density at radius 3 is 2.88 bits per heavy atom. The van der Waals surface area contributed by atoms with Gasteiger partial charge in [-0.05, 0) is 31.2 Å². The Hall–Kier alpha value is -1.55. The normalized spacial score (nSPS) is 11.9. The lowest BCUT2D eigenvalue weighted by Gasteiger charge is -2.13. The fraction of sp³-hybridized carbons (Fsp3) is 0.462. The van der Waals surface area contributed by atoms with Crippen molar-refractivity contribution in [2.24, 2.45) is 0 Å². The van der Waals surface area contributed by atoms with Crippen LogP contribution in [-0.4, -0.2) is 25.7 Å². The van der Waals surface area contributed by atoms with Crippen molar-refractivity contribution in [3.05, 3.63) is 29.8 Å². The molecule has 4 heteroatoms. The molecule has 1 atom stereocenters. The molecule has 0 spiro atoms. The Labute approximate surface area is 102 Å². The minimum Gasteiger partial charge on any atom is -0.479 e. The van der Waals surface area contributed by atoms with E-state index in [2.05, 4.69) is 17.0 Å². The molecular weight excluding hydrogens is 218 g/mol. The number of carbonyl (C=O) groups is 1. The van der Waals surface area contributed by atoms with E-state index >= 15 is 0 Å². The molecule has 0 bridgehead atoms. The van der Waals surface area contributed by atoms with Gasteiger partial charge in [0.25, 0.3) is 0 Å². The molecule has 0 radical (unpaired) electrons. The minimum atomic E-state index is -0.589. The summed E-state index contributed by atoms with van der Waals surface area (Å²) in [6.45, 7) is 5.44. The standard InChI is InChI=1S/C13H19NO3/c1-4-14-9-11-6-5-7-12(8-11)17-10(2)13(15)16-3/h5-8,10,14H,4,9H2,1-3H3. The van der Waals surface area contributed by atoms with E-state index in [4.69, 9.17) is 4.74 Å². The van der Waals surface area contributed by atoms with Gasteiger partial charge < -0.3 is 14.8 Å². The SMILES string of the molecule is CCNCc1cccc(OC(C)C(=O)OC)c1. The summed E-state index contributed by atoms with van der Waals surface area (Å²) in [7, 11) is 1.35. The molecule has 0 aliphatic heterocycles. The molecule has 1 aromatic carbocycles. The fourth-order valence-electron chi connectivity index (χ4n) is 1.42. The smallest absolute Gasteiger partial charge is 0.346 e. The van der Waals surface area contributed by atoms with E-state index < -0.39 is 6.10 Å². The van der Waals surface area contributed by atoms with Crippen LogP contribution >= 0.6 is 0 Å². The third-order valence-corrected chi connectivity index (χ3v) is 2.32. The molecule has 1 N–H and O–H groups in total. The largest absolute Gasteiger partial charge is 0.479 e. The molecule has 0 aliphatic rings. The Balaban J connectivity index is 2.62. The van der Waals surface area contributed by atoms with Gasteiger partial charge in [-0.15, -0.1) is 0 Å². The molecule has 0 heterocycles. The zero-order chi connectivity index (χ0) is 12.7. The zero-order valence-electron chi connectivity index (χ0n) is 10.5. The molecule has 1 unspecified atom stereocenters. The number of hydrogen-bond donors (Lipinski definition) is 1. The zero-order valence-corrected chi connectivity index (χ0v) is 10.5. The van der Waals surface area contributed by atoms with Gasteiger partial charge in [0.1, 0.15) is 5.75 Å². The number of hydrogen-bond acceptors (Lipinski definition) is 4. The Morgan fingerprint density at radius 2 is 2.24 bits per heavy atom. The summed E-state index contributed by atoms with van der Waals surface area (Å²) in [5.74, 6) is 0.306. The lowest BCUT2D eigenvalue weighted by molar-refractivity contribution is -0.147. The summed E-state index contributed by atoms with van der Waals surface area (Å²) >= 11 is 0. The van der Waals surface area contributed by atoms with Crippen molar-refractivity contribution in [1.82, 2.24) is 5.32 Å². The van der Waals surface area contributed by atoms with Gasteiger partial charge in [-0.2, -0.15) is 0 Å². The second kappa shape index (κ2) is 6.91. The van der Waals surface area contributed by atoms with Crippen LogP contribution in [0.15, 0.2) is 24.3 Å². The first-order chi connectivity index (χ1) is 8.17. The van der Waals surface area contributed by atoms with Crippen LogP contribution in [-0.2, 0) is 16.1 Å². The molecular formula is C13H19NO3. The molecule has 0 amide bonds. The van der Waals surface area contributed by atoms with E-state index in [0.717, 1.165) is 18.7 Å². The van der Waals surface area contributed by atoms with Crippen molar-refractivity contribution in [2.45, 2.75) is 26.5 Å². The minimum absolute atomic E-state index is 0.373. The average molecular weight is 237 g/mol. The molecule has 0 aromatic heterocycles. The molecule has 17 heavy (non-hydrogen) atoms. The van der Waals surface area contributed by atoms with Crippen LogP contribution < -0.4 is 10.1 Å². The maximum atomic E-state index is 11.2. The van der Waals surface area contributed by atoms with Crippen molar-refractivity contribution < 1.29 is 14.3 Å². The summed E-state index contributed by atoms with van der Waals surface area (Å²) in [6, 6.07) is 7.67. The van der Waals surface area contributed by atoms with Gasteiger partial charge in [-0.25, -0.2) is 4.79 Å². The number of methoxy groups -OCH3 is 1. The predicted molar refractivity (Wildman–Crippen MR) is 65.9 cm³/mol. The van der Waals surface area contributed by atoms with Gasteiger partial charge in [-0.1, -0.05) is 19.1 Å². The fourth-order valence-corrected chi connectivity index (χ4v) is 1.42. The van der Waals surface area contributed by atoms with E-state index in [1.54, 1.807) is 6.92 Å². The molecule has 0 fully saturated rings. The van der Waals surface area contributed by atoms with E-state index in [1.165, 1.54) is 7.11 Å². The quantitative estimate of drug-likeness (QED) is 0.765. The highest BCUT2D eigenvalue weighted by molar-refractivity contribution is 5.74. The lowest BCUT2D eigenvalue weighted by atomic mass is 10.2. The van der Waals surface area contributed by atoms with E-state index in [1.807, 2.05) is 24.3 Å². The van der Waals surface area contributed by atoms with Gasteiger partial charge in [0.05, 0.1) is 7.11 Å². The summed E-state index contributed by atoms with van der Waals surface area (Å²) in [5, 5.41) is 3.23. The van der Waals surface area contributed by atoms with Crippen LogP contribution in [0.1, 0.15) is 19.4 Å². The number of ether oxygens (including phenoxy) is 2. The van der Waals surface area contributed by atoms with Crippen molar-refractivity contribution in [3.8, 4) is 5.75 Å². The second-order valence-electron chi connectivity index (χ2n) is 3.71. The van der Waals surface area contributed by atoms with Crippen LogP contribution in [0.4, 0.5) is 0 Å². The third-order valence-electron chi connectivity index (χ3n) is 2.32. The molecule has 0 aliphatic carbocycles. The summed E-state index contributed by atoms with van der Waals surface area (Å²) in [5.41, 5.74) is 1.13. The number of carbonyl (C=O) groups excluding carboxylic acids is 1. The van der Waals surface area contributed by atoms with Crippen molar-refractivity contribution >= 4 is 5.97 Å². The van der Waals surface area contributed by atoms with Crippen LogP contribution in [0, 0.1) is 0 Å². The topological polar surface area (TPSA) is 47.6 Å². The van der Waals surface area contributed by atoms with Crippen molar-refractivity contribution in [2.75, 3.05) is 13.7 Å². The monoisotopic (exact) mass is 237 g/mol. The maximum Gasteiger partial charge on any atom is 0.346 e. The molecule has 0 saturated carbocycles. The summed E-state index contributed by atoms with van der Waals surface area (Å²) in [6.07, 6.45) is -0.589. The Bertz CT molecular complexity index is 365. The molecule has 0 saturated heterocycles. The van der Waals surface area contributed by atoms with Crippen LogP contribution in [0.3, 0.4) is 0 Å². The molecule has 1 aromatic rings. The second-order valence-corrected chi connectivity index (χ2v) is 3.71. The first-order valence-corrected chi connectivity index (χ1v) is 5.71. The van der Waals surface area contributed by atoms with E-state index in [0.29, 0.717) is 5.75 Å². The Kier molecular flexibility index (Phi) is 5.49. The number of rotatable bonds is 6. The highest BCUT2D eigenvalue weighted by Crippen LogP contribution is 2.15. The molecule has 4 nitrogen and oxygen atoms in total. The van der Waals surface area contributed by atoms with Gasteiger partial charge in [0, 0.05) is 6.54 Å². The number of nitrogens with one attached hydrogen (secondary N) is 1. The first-order valence-electron chi connectivity index (χ1n) is 5.71. The van der Waals surface area contributed by atoms with E-state index in [-0.39, 0.29) is 5.97 Å². The van der Waals surface area contributed by atoms with Gasteiger partial charge in [0.2, 0.25) is 0 Å². The van der Waals surface area contributed by atoms with Gasteiger partial charge in [0.15, 0.2) is 6.10 Å². The van der Waals surface area contributed by atoms with Crippen LogP contribution in [0.5, 0.6) is 5.75 Å². The first kappa shape index (κ1) is 13.5. The van der Waals surface area contributed by atoms with E-state index in [9.17, 15) is 4.79 Å². The van der Waals surface area contributed by atoms with Gasteiger partial charge in [-0.3, -0.25) is 0 Å². The van der Waals surface area contributed by atoms with Crippen molar-refractivity contribution in [3.63, 3.8) is 0 Å². The maximum absolute atomic E-state index is 11.2. The summed E-state index contributed by atoms with van der Waals surface area (Å²) < 4.78 is 10.1. The summed E-state index contributed by atoms with van der Waals surface area (Å²) in [4.78, 5) is 11.2. The number of esters is 1. The number of benzene rings is 1. The molecule has 1 rings (SSSR count). The lowest BCUT2D eigenvalue weighted by Crippen LogP contribution is -2.25. The highest BCUT2D eigenvalue weighted by atomic mass is 16.6. The third kappa shape index (κ3) is 4.44. The van der Waals surface area contributed by atoms with Crippen LogP contribution in [0.2, 0.25) is 0 Å². The average Bonchev–Trinajstić information content (AvgIpc) is 2.35. The van der Waals surface area contributed by atoms with Gasteiger partial charge >= 0.3 is 5.97 Å². The predicted octanol–water partition coefficient (Wildman–Crippen LogP) is 1.74. The van der Waals surface area contributed by atoms with Crippen LogP contribution in [0.25, 0.3) is 0 Å². The highest BCUT2D eigenvalue weighted by Gasteiger charge is 2.14. The molecule has 94 valence electrons. The van der Waals surface area contributed by atoms with Crippen molar-refractivity contribution in [1.29, 1.82) is 0 Å². The Morgan fingerprint density at radius 1 is 1.47 bits per heavy atom.